The number of fused-ring (bicyclic) bond motifs is 10. The predicted octanol–water partition coefficient (Wildman–Crippen LogP) is 15.4. The molecule has 0 saturated carbocycles. The van der Waals surface area contributed by atoms with E-state index in [-0.39, 0.29) is 5.41 Å². The highest BCUT2D eigenvalue weighted by Crippen LogP contribution is 2.52. The number of rotatable bonds is 5. The SMILES string of the molecule is CC1(C)c2cc(-c3cccc4ccccc34)ccc2-c2ccc(N(c3ccc4c5ccccc5c5ccccc5c4c3)c3ccccc3-c3ccccc3)cc21. The van der Waals surface area contributed by atoms with Crippen LogP contribution in [0.4, 0.5) is 17.1 Å². The molecule has 0 unspecified atom stereocenters. The van der Waals surface area contributed by atoms with Gasteiger partial charge in [-0.1, -0.05) is 178 Å². The Kier molecular flexibility index (Phi) is 7.28. The quantitative estimate of drug-likeness (QED) is 0.161. The average Bonchev–Trinajstić information content (AvgIpc) is 3.48. The van der Waals surface area contributed by atoms with Crippen LogP contribution in [-0.2, 0) is 5.41 Å². The van der Waals surface area contributed by atoms with E-state index in [0.717, 1.165) is 17.1 Å². The molecule has 0 heterocycles. The first-order chi connectivity index (χ1) is 27.5. The van der Waals surface area contributed by atoms with E-state index in [4.69, 9.17) is 0 Å². The lowest BCUT2D eigenvalue weighted by atomic mass is 9.81. The van der Waals surface area contributed by atoms with Crippen LogP contribution in [-0.4, -0.2) is 0 Å². The molecule has 10 aromatic rings. The molecule has 1 heteroatoms. The molecular weight excluding hydrogens is 675 g/mol. The summed E-state index contributed by atoms with van der Waals surface area (Å²) < 4.78 is 0. The molecule has 0 amide bonds. The van der Waals surface area contributed by atoms with Gasteiger partial charge in [-0.25, -0.2) is 0 Å². The second kappa shape index (κ2) is 12.5. The number of anilines is 3. The molecular formula is C55H39N. The van der Waals surface area contributed by atoms with Crippen molar-refractivity contribution in [3.05, 3.63) is 211 Å². The second-order valence-electron chi connectivity index (χ2n) is 15.7. The number of para-hydroxylation sites is 1. The lowest BCUT2D eigenvalue weighted by Crippen LogP contribution is -2.17. The monoisotopic (exact) mass is 713 g/mol. The van der Waals surface area contributed by atoms with Gasteiger partial charge in [0.25, 0.3) is 0 Å². The lowest BCUT2D eigenvalue weighted by molar-refractivity contribution is 0.660. The van der Waals surface area contributed by atoms with E-state index in [1.807, 2.05) is 0 Å². The molecule has 1 aliphatic rings. The van der Waals surface area contributed by atoms with E-state index < -0.39 is 0 Å². The van der Waals surface area contributed by atoms with Crippen molar-refractivity contribution in [2.45, 2.75) is 19.3 Å². The molecule has 1 nitrogen and oxygen atoms in total. The minimum Gasteiger partial charge on any atom is -0.310 e. The van der Waals surface area contributed by atoms with E-state index >= 15 is 0 Å². The first-order valence-corrected chi connectivity index (χ1v) is 19.6. The van der Waals surface area contributed by atoms with Crippen LogP contribution >= 0.6 is 0 Å². The Bertz CT molecular complexity index is 3130. The van der Waals surface area contributed by atoms with Crippen molar-refractivity contribution in [3.63, 3.8) is 0 Å². The van der Waals surface area contributed by atoms with Crippen molar-refractivity contribution in [3.8, 4) is 33.4 Å². The van der Waals surface area contributed by atoms with Crippen molar-refractivity contribution in [1.29, 1.82) is 0 Å². The summed E-state index contributed by atoms with van der Waals surface area (Å²) in [4.78, 5) is 2.48. The first kappa shape index (κ1) is 32.5. The molecule has 10 aromatic carbocycles. The molecule has 0 saturated heterocycles. The van der Waals surface area contributed by atoms with Crippen LogP contribution in [0, 0.1) is 0 Å². The fraction of sp³-hybridized carbons (Fsp3) is 0.0545. The van der Waals surface area contributed by atoms with Crippen LogP contribution in [0.5, 0.6) is 0 Å². The molecule has 0 N–H and O–H groups in total. The number of hydrogen-bond donors (Lipinski definition) is 0. The number of benzene rings is 10. The van der Waals surface area contributed by atoms with Crippen molar-refractivity contribution >= 4 is 60.2 Å². The number of hydrogen-bond acceptors (Lipinski definition) is 1. The van der Waals surface area contributed by atoms with Gasteiger partial charge in [-0.2, -0.15) is 0 Å². The van der Waals surface area contributed by atoms with Gasteiger partial charge in [-0.3, -0.25) is 0 Å². The van der Waals surface area contributed by atoms with Crippen molar-refractivity contribution in [2.75, 3.05) is 4.90 Å². The molecule has 264 valence electrons. The molecule has 11 rings (SSSR count). The van der Waals surface area contributed by atoms with Gasteiger partial charge in [0.15, 0.2) is 0 Å². The third-order valence-electron chi connectivity index (χ3n) is 12.2. The fourth-order valence-electron chi connectivity index (χ4n) is 9.50. The van der Waals surface area contributed by atoms with Crippen molar-refractivity contribution in [2.24, 2.45) is 0 Å². The van der Waals surface area contributed by atoms with Crippen LogP contribution in [0.15, 0.2) is 200 Å². The predicted molar refractivity (Wildman–Crippen MR) is 240 cm³/mol. The summed E-state index contributed by atoms with van der Waals surface area (Å²) in [5.41, 5.74) is 13.5. The molecule has 0 spiro atoms. The zero-order valence-electron chi connectivity index (χ0n) is 31.5. The molecule has 0 aliphatic heterocycles. The summed E-state index contributed by atoms with van der Waals surface area (Å²) in [7, 11) is 0. The van der Waals surface area contributed by atoms with E-state index in [0.29, 0.717) is 0 Å². The highest BCUT2D eigenvalue weighted by Gasteiger charge is 2.36. The first-order valence-electron chi connectivity index (χ1n) is 19.6. The largest absolute Gasteiger partial charge is 0.310 e. The van der Waals surface area contributed by atoms with Gasteiger partial charge in [0, 0.05) is 22.4 Å². The molecule has 0 aromatic heterocycles. The van der Waals surface area contributed by atoms with Crippen LogP contribution in [0.25, 0.3) is 76.5 Å². The molecule has 0 bridgehead atoms. The Balaban J connectivity index is 1.12. The maximum atomic E-state index is 2.48. The zero-order valence-corrected chi connectivity index (χ0v) is 31.5. The van der Waals surface area contributed by atoms with Gasteiger partial charge in [-0.15, -0.1) is 0 Å². The Morgan fingerprint density at radius 2 is 0.839 bits per heavy atom. The normalized spacial score (nSPS) is 13.0. The van der Waals surface area contributed by atoms with E-state index in [2.05, 4.69) is 219 Å². The van der Waals surface area contributed by atoms with E-state index in [9.17, 15) is 0 Å². The third kappa shape index (κ3) is 4.94. The molecule has 0 fully saturated rings. The van der Waals surface area contributed by atoms with Gasteiger partial charge >= 0.3 is 0 Å². The highest BCUT2D eigenvalue weighted by molar-refractivity contribution is 6.25. The standard InChI is InChI=1S/C55H39N/c1-55(2)52-33-38(42-25-14-18-36-17-6-7-19-41(36)42)27-30-49(52)50-32-29-40(35-53(50)55)56(54-26-13-12-20-43(54)37-15-4-3-5-16-37)39-28-31-48-46-23-9-8-21-44(46)45-22-10-11-24-47(45)51(48)34-39/h3-35H,1-2H3. The Labute approximate surface area is 327 Å². The summed E-state index contributed by atoms with van der Waals surface area (Å²) in [5, 5.41) is 10.2. The Morgan fingerprint density at radius 1 is 0.321 bits per heavy atom. The second-order valence-corrected chi connectivity index (χ2v) is 15.7. The number of nitrogens with zero attached hydrogens (tertiary/aromatic N) is 1. The average molecular weight is 714 g/mol. The van der Waals surface area contributed by atoms with E-state index in [1.54, 1.807) is 0 Å². The summed E-state index contributed by atoms with van der Waals surface area (Å²) >= 11 is 0. The summed E-state index contributed by atoms with van der Waals surface area (Å²) in [6, 6.07) is 74.0. The maximum Gasteiger partial charge on any atom is 0.0540 e. The topological polar surface area (TPSA) is 3.24 Å². The summed E-state index contributed by atoms with van der Waals surface area (Å²) in [5.74, 6) is 0. The maximum absolute atomic E-state index is 2.48. The Hall–Kier alpha value is -6.96. The van der Waals surface area contributed by atoms with Crippen molar-refractivity contribution in [1.82, 2.24) is 0 Å². The van der Waals surface area contributed by atoms with Gasteiger partial charge in [0.1, 0.15) is 0 Å². The minimum atomic E-state index is -0.204. The van der Waals surface area contributed by atoms with Gasteiger partial charge in [0.2, 0.25) is 0 Å². The van der Waals surface area contributed by atoms with Crippen LogP contribution in [0.2, 0.25) is 0 Å². The lowest BCUT2D eigenvalue weighted by Gasteiger charge is -2.30. The van der Waals surface area contributed by atoms with Gasteiger partial charge < -0.3 is 4.90 Å². The molecule has 0 atom stereocenters. The van der Waals surface area contributed by atoms with Crippen LogP contribution in [0.1, 0.15) is 25.0 Å². The van der Waals surface area contributed by atoms with E-state index in [1.165, 1.54) is 87.6 Å². The third-order valence-corrected chi connectivity index (χ3v) is 12.2. The summed E-state index contributed by atoms with van der Waals surface area (Å²) in [6.07, 6.45) is 0. The Morgan fingerprint density at radius 3 is 1.59 bits per heavy atom. The fourth-order valence-corrected chi connectivity index (χ4v) is 9.50. The molecule has 1 aliphatic carbocycles. The summed E-state index contributed by atoms with van der Waals surface area (Å²) in [6.45, 7) is 4.79. The van der Waals surface area contributed by atoms with Crippen LogP contribution < -0.4 is 4.90 Å². The zero-order chi connectivity index (χ0) is 37.4. The van der Waals surface area contributed by atoms with Gasteiger partial charge in [0.05, 0.1) is 5.69 Å². The molecule has 0 radical (unpaired) electrons. The molecule has 56 heavy (non-hydrogen) atoms. The highest BCUT2D eigenvalue weighted by atomic mass is 15.1. The van der Waals surface area contributed by atoms with Crippen molar-refractivity contribution < 1.29 is 0 Å². The smallest absolute Gasteiger partial charge is 0.0540 e. The van der Waals surface area contributed by atoms with Gasteiger partial charge in [-0.05, 0) is 118 Å². The minimum absolute atomic E-state index is 0.204. The van der Waals surface area contributed by atoms with Crippen LogP contribution in [0.3, 0.4) is 0 Å².